The van der Waals surface area contributed by atoms with Crippen molar-refractivity contribution in [2.75, 3.05) is 0 Å². The molecule has 0 spiro atoms. The van der Waals surface area contributed by atoms with Crippen LogP contribution >= 0.6 is 11.3 Å². The van der Waals surface area contributed by atoms with Gasteiger partial charge in [0.25, 0.3) is 0 Å². The van der Waals surface area contributed by atoms with Crippen molar-refractivity contribution < 1.29 is 0 Å². The highest BCUT2D eigenvalue weighted by Gasteiger charge is 2.17. The molecule has 11 rings (SSSR count). The molecular formula is C48H28N2S. The van der Waals surface area contributed by atoms with Gasteiger partial charge in [-0.2, -0.15) is 0 Å². The van der Waals surface area contributed by atoms with E-state index in [1.165, 1.54) is 63.8 Å². The van der Waals surface area contributed by atoms with Crippen LogP contribution in [0.3, 0.4) is 0 Å². The summed E-state index contributed by atoms with van der Waals surface area (Å²) in [5, 5.41) is 11.0. The number of aromatic nitrogens is 2. The predicted octanol–water partition coefficient (Wildman–Crippen LogP) is 13.6. The third-order valence-electron chi connectivity index (χ3n) is 10.4. The quantitative estimate of drug-likeness (QED) is 0.139. The molecule has 236 valence electrons. The second-order valence-electron chi connectivity index (χ2n) is 13.3. The van der Waals surface area contributed by atoms with Crippen molar-refractivity contribution in [3.8, 4) is 33.5 Å². The van der Waals surface area contributed by atoms with Gasteiger partial charge in [0.2, 0.25) is 0 Å². The Morgan fingerprint density at radius 3 is 1.94 bits per heavy atom. The van der Waals surface area contributed by atoms with Gasteiger partial charge in [0.15, 0.2) is 0 Å². The van der Waals surface area contributed by atoms with Crippen LogP contribution in [0.2, 0.25) is 0 Å². The molecule has 3 heterocycles. The number of hydrogen-bond donors (Lipinski definition) is 0. The van der Waals surface area contributed by atoms with Crippen LogP contribution < -0.4 is 0 Å². The fourth-order valence-electron chi connectivity index (χ4n) is 7.96. The zero-order chi connectivity index (χ0) is 33.5. The van der Waals surface area contributed by atoms with Gasteiger partial charge >= 0.3 is 0 Å². The van der Waals surface area contributed by atoms with E-state index in [1.807, 2.05) is 11.3 Å². The van der Waals surface area contributed by atoms with E-state index in [-0.39, 0.29) is 0 Å². The molecule has 0 radical (unpaired) electrons. The summed E-state index contributed by atoms with van der Waals surface area (Å²) in [7, 11) is 0. The first kappa shape index (κ1) is 28.4. The number of hydrogen-bond acceptors (Lipinski definition) is 3. The molecule has 2 nitrogen and oxygen atoms in total. The molecule has 0 bridgehead atoms. The summed E-state index contributed by atoms with van der Waals surface area (Å²) < 4.78 is 2.63. The van der Waals surface area contributed by atoms with Gasteiger partial charge in [-0.05, 0) is 58.0 Å². The maximum Gasteiger partial charge on any atom is 0.0788 e. The summed E-state index contributed by atoms with van der Waals surface area (Å²) >= 11 is 1.88. The molecule has 11 aromatic rings. The third-order valence-corrected chi connectivity index (χ3v) is 11.6. The highest BCUT2D eigenvalue weighted by atomic mass is 32.1. The van der Waals surface area contributed by atoms with Gasteiger partial charge in [-0.25, -0.2) is 9.97 Å². The molecule has 8 aromatic carbocycles. The molecule has 0 N–H and O–H groups in total. The second-order valence-corrected chi connectivity index (χ2v) is 14.4. The van der Waals surface area contributed by atoms with Crippen molar-refractivity contribution in [3.63, 3.8) is 0 Å². The predicted molar refractivity (Wildman–Crippen MR) is 219 cm³/mol. The van der Waals surface area contributed by atoms with Crippen molar-refractivity contribution in [1.82, 2.24) is 9.97 Å². The third kappa shape index (κ3) is 4.42. The Morgan fingerprint density at radius 2 is 1.06 bits per heavy atom. The average Bonchev–Trinajstić information content (AvgIpc) is 3.59. The van der Waals surface area contributed by atoms with E-state index in [2.05, 4.69) is 170 Å². The lowest BCUT2D eigenvalue weighted by Gasteiger charge is -2.13. The van der Waals surface area contributed by atoms with E-state index in [4.69, 9.17) is 9.97 Å². The fraction of sp³-hybridized carbons (Fsp3) is 0. The van der Waals surface area contributed by atoms with E-state index in [9.17, 15) is 0 Å². The molecule has 0 saturated carbocycles. The summed E-state index contributed by atoms with van der Waals surface area (Å²) in [6, 6.07) is 61.3. The topological polar surface area (TPSA) is 25.8 Å². The van der Waals surface area contributed by atoms with E-state index in [0.29, 0.717) is 0 Å². The maximum atomic E-state index is 5.37. The summed E-state index contributed by atoms with van der Waals surface area (Å²) in [5.74, 6) is 0. The van der Waals surface area contributed by atoms with Gasteiger partial charge in [-0.3, -0.25) is 0 Å². The summed E-state index contributed by atoms with van der Waals surface area (Å²) in [6.07, 6.45) is 0. The normalized spacial score (nSPS) is 11.9. The highest BCUT2D eigenvalue weighted by Crippen LogP contribution is 2.44. The number of fused-ring (bicyclic) bond motifs is 11. The minimum Gasteiger partial charge on any atom is -0.247 e. The van der Waals surface area contributed by atoms with Crippen molar-refractivity contribution in [3.05, 3.63) is 170 Å². The van der Waals surface area contributed by atoms with Crippen LogP contribution in [-0.4, -0.2) is 9.97 Å². The first-order valence-electron chi connectivity index (χ1n) is 17.3. The Balaban J connectivity index is 1.08. The standard InChI is InChI=1S/C48H28N2S/c1-2-10-31(11-3-1)46-40-25-24-38-36-14-7-9-17-44(36)51-48(38)45(40)39-23-22-32(28-43(39)50-46)29-18-20-30(21-19-29)41-27-34-26-33-12-4-8-16-42(33)49-47(34)37-15-6-5-13-35(37)41/h1-28H. The molecule has 0 amide bonds. The molecule has 0 fully saturated rings. The number of nitrogens with zero attached hydrogens (tertiary/aromatic N) is 2. The van der Waals surface area contributed by atoms with Gasteiger partial charge in [-0.1, -0.05) is 140 Å². The van der Waals surface area contributed by atoms with Crippen LogP contribution in [-0.2, 0) is 0 Å². The molecule has 0 aliphatic carbocycles. The van der Waals surface area contributed by atoms with E-state index >= 15 is 0 Å². The Labute approximate surface area is 297 Å². The molecular weight excluding hydrogens is 637 g/mol. The van der Waals surface area contributed by atoms with Crippen LogP contribution in [0.5, 0.6) is 0 Å². The lowest BCUT2D eigenvalue weighted by atomic mass is 9.93. The van der Waals surface area contributed by atoms with E-state index in [1.54, 1.807) is 0 Å². The van der Waals surface area contributed by atoms with Crippen LogP contribution in [0, 0.1) is 0 Å². The lowest BCUT2D eigenvalue weighted by molar-refractivity contribution is 1.43. The van der Waals surface area contributed by atoms with Gasteiger partial charge in [0.05, 0.1) is 22.2 Å². The molecule has 0 unspecified atom stereocenters. The SMILES string of the molecule is c1ccc(-c2nc3cc(-c4ccc(-c5cc6cc7ccccc7nc6c6ccccc56)cc4)ccc3c3c2ccc2c4ccccc4sc23)cc1. The Kier molecular flexibility index (Phi) is 6.16. The van der Waals surface area contributed by atoms with Crippen molar-refractivity contribution in [2.45, 2.75) is 0 Å². The minimum absolute atomic E-state index is 1.01. The van der Waals surface area contributed by atoms with Gasteiger partial charge in [0, 0.05) is 58.1 Å². The zero-order valence-electron chi connectivity index (χ0n) is 27.5. The van der Waals surface area contributed by atoms with Gasteiger partial charge in [0.1, 0.15) is 0 Å². The summed E-state index contributed by atoms with van der Waals surface area (Å²) in [4.78, 5) is 10.5. The Morgan fingerprint density at radius 1 is 0.373 bits per heavy atom. The fourth-order valence-corrected chi connectivity index (χ4v) is 9.23. The molecule has 51 heavy (non-hydrogen) atoms. The summed E-state index contributed by atoms with van der Waals surface area (Å²) in [6.45, 7) is 0. The minimum atomic E-state index is 1.01. The number of rotatable bonds is 3. The monoisotopic (exact) mass is 664 g/mol. The molecule has 0 aliphatic heterocycles. The van der Waals surface area contributed by atoms with Crippen LogP contribution in [0.4, 0.5) is 0 Å². The zero-order valence-corrected chi connectivity index (χ0v) is 28.3. The Hall–Kier alpha value is -6.42. The molecule has 0 saturated heterocycles. The van der Waals surface area contributed by atoms with Crippen LogP contribution in [0.1, 0.15) is 0 Å². The summed E-state index contributed by atoms with van der Waals surface area (Å²) in [5.41, 5.74) is 9.96. The Bertz CT molecular complexity index is 3180. The van der Waals surface area contributed by atoms with E-state index in [0.717, 1.165) is 44.1 Å². The first-order chi connectivity index (χ1) is 25.3. The molecule has 0 aliphatic rings. The maximum absolute atomic E-state index is 5.37. The number of pyridine rings is 2. The average molecular weight is 665 g/mol. The lowest BCUT2D eigenvalue weighted by Crippen LogP contribution is -1.91. The van der Waals surface area contributed by atoms with Crippen molar-refractivity contribution in [2.24, 2.45) is 0 Å². The van der Waals surface area contributed by atoms with Gasteiger partial charge < -0.3 is 0 Å². The van der Waals surface area contributed by atoms with Crippen LogP contribution in [0.15, 0.2) is 170 Å². The number of thiophene rings is 1. The van der Waals surface area contributed by atoms with Crippen molar-refractivity contribution in [1.29, 1.82) is 0 Å². The van der Waals surface area contributed by atoms with Gasteiger partial charge in [-0.15, -0.1) is 11.3 Å². The number of benzene rings is 8. The second kappa shape index (κ2) is 11.0. The molecule has 0 atom stereocenters. The highest BCUT2D eigenvalue weighted by molar-refractivity contribution is 7.26. The van der Waals surface area contributed by atoms with E-state index < -0.39 is 0 Å². The molecule has 3 aromatic heterocycles. The molecule has 3 heteroatoms. The first-order valence-corrected chi connectivity index (χ1v) is 18.1. The van der Waals surface area contributed by atoms with Crippen molar-refractivity contribution >= 4 is 85.8 Å². The largest absolute Gasteiger partial charge is 0.247 e. The smallest absolute Gasteiger partial charge is 0.0788 e. The van der Waals surface area contributed by atoms with Crippen LogP contribution in [0.25, 0.3) is 108 Å². The number of para-hydroxylation sites is 1.